The fourth-order valence-electron chi connectivity index (χ4n) is 3.42. The van der Waals surface area contributed by atoms with Gasteiger partial charge in [-0.3, -0.25) is 9.36 Å². The summed E-state index contributed by atoms with van der Waals surface area (Å²) in [6, 6.07) is 8.93. The zero-order valence-corrected chi connectivity index (χ0v) is 19.8. The van der Waals surface area contributed by atoms with Crippen molar-refractivity contribution in [3.8, 4) is 11.4 Å². The molecule has 0 aliphatic carbocycles. The van der Waals surface area contributed by atoms with Crippen LogP contribution in [0.2, 0.25) is 5.02 Å². The molecule has 14 heteroatoms. The lowest BCUT2D eigenvalue weighted by Gasteiger charge is -2.18. The second-order valence-corrected chi connectivity index (χ2v) is 8.38. The molecule has 1 aromatic heterocycles. The Labute approximate surface area is 211 Å². The van der Waals surface area contributed by atoms with Crippen molar-refractivity contribution < 1.29 is 36.2 Å². The van der Waals surface area contributed by atoms with Crippen LogP contribution in [0, 0.1) is 6.42 Å². The van der Waals surface area contributed by atoms with Gasteiger partial charge in [0.15, 0.2) is 11.9 Å². The molecule has 1 heterocycles. The smallest absolute Gasteiger partial charge is 0.382 e. The Morgan fingerprint density at radius 1 is 1.14 bits per heavy atom. The second-order valence-electron chi connectivity index (χ2n) is 7.94. The van der Waals surface area contributed by atoms with Crippen molar-refractivity contribution in [1.82, 2.24) is 19.7 Å². The van der Waals surface area contributed by atoms with Gasteiger partial charge in [-0.1, -0.05) is 30.7 Å². The predicted octanol–water partition coefficient (Wildman–Crippen LogP) is 4.39. The van der Waals surface area contributed by atoms with Crippen molar-refractivity contribution in [2.45, 2.75) is 44.5 Å². The number of amides is 1. The summed E-state index contributed by atoms with van der Waals surface area (Å²) < 4.78 is 79.2. The normalized spacial score (nSPS) is 13.9. The first kappa shape index (κ1) is 28.3. The van der Waals surface area contributed by atoms with Gasteiger partial charge in [0.2, 0.25) is 5.91 Å². The summed E-state index contributed by atoms with van der Waals surface area (Å²) in [5.74, 6) is -1.10. The van der Waals surface area contributed by atoms with E-state index < -0.39 is 54.7 Å². The third-order valence-corrected chi connectivity index (χ3v) is 5.53. The topological polar surface area (TPSA) is 89.2 Å². The van der Waals surface area contributed by atoms with E-state index in [2.05, 4.69) is 10.4 Å². The van der Waals surface area contributed by atoms with Crippen molar-refractivity contribution >= 4 is 17.5 Å². The zero-order chi connectivity index (χ0) is 27.5. The van der Waals surface area contributed by atoms with Crippen molar-refractivity contribution in [2.24, 2.45) is 0 Å². The Kier molecular flexibility index (Phi) is 8.38. The number of alkyl halides is 6. The number of nitrogens with one attached hydrogen (secondary N) is 1. The largest absolute Gasteiger partial charge is 0.416 e. The molecule has 0 fully saturated rings. The first-order chi connectivity index (χ1) is 17.2. The fraction of sp³-hybridized carbons (Fsp3) is 0.304. The summed E-state index contributed by atoms with van der Waals surface area (Å²) in [6.07, 6.45) is -11.1. The summed E-state index contributed by atoms with van der Waals surface area (Å²) in [7, 11) is 0. The molecule has 1 amide bonds. The number of carbonyl (C=O) groups excluding carboxylic acids is 1. The average Bonchev–Trinajstić information content (AvgIpc) is 3.11. The van der Waals surface area contributed by atoms with E-state index in [0.717, 1.165) is 12.1 Å². The van der Waals surface area contributed by atoms with Gasteiger partial charge < -0.3 is 10.4 Å². The molecule has 1 radical (unpaired) electrons. The van der Waals surface area contributed by atoms with Crippen molar-refractivity contribution in [3.05, 3.63) is 81.6 Å². The molecule has 0 saturated carbocycles. The van der Waals surface area contributed by atoms with E-state index in [9.17, 15) is 41.0 Å². The van der Waals surface area contributed by atoms with Gasteiger partial charge in [0.05, 0.1) is 18.2 Å². The number of hydrogen-bond donors (Lipinski definition) is 2. The first-order valence-electron chi connectivity index (χ1n) is 10.6. The fourth-order valence-corrected chi connectivity index (χ4v) is 3.55. The zero-order valence-electron chi connectivity index (χ0n) is 19.0. The van der Waals surface area contributed by atoms with Gasteiger partial charge in [-0.05, 0) is 48.4 Å². The van der Waals surface area contributed by atoms with Crippen LogP contribution in [0.25, 0.3) is 11.4 Å². The number of aromatic nitrogens is 3. The molecule has 37 heavy (non-hydrogen) atoms. The van der Waals surface area contributed by atoms with Gasteiger partial charge >= 0.3 is 18.0 Å². The SMILES string of the molecule is C[CH]C(NC(=O)Cn1nc(-c2ccc(Cl)cc2)n(C[C@H](O)C(F)(F)F)c1=O)c1cccc(C(F)(F)F)c1. The number of nitrogens with zero attached hydrogens (tertiary/aromatic N) is 3. The number of aliphatic hydroxyl groups excluding tert-OH is 1. The molecular formula is C23H20ClF6N4O3. The van der Waals surface area contributed by atoms with Gasteiger partial charge in [-0.25, -0.2) is 9.48 Å². The van der Waals surface area contributed by atoms with E-state index in [1.54, 1.807) is 0 Å². The maximum Gasteiger partial charge on any atom is 0.416 e. The highest BCUT2D eigenvalue weighted by molar-refractivity contribution is 6.30. The standard InChI is InChI=1S/C23H20ClF6N4O3/c1-2-17(14-4-3-5-15(10-14)22(25,26)27)31-19(36)12-34-21(37)33(11-18(35)23(28,29)30)20(32-34)13-6-8-16(24)9-7-13/h2-10,17-18,35H,11-12H2,1H3,(H,31,36)/t17?,18-/m0/s1. The average molecular weight is 550 g/mol. The number of rotatable bonds is 8. The third-order valence-electron chi connectivity index (χ3n) is 5.27. The van der Waals surface area contributed by atoms with Gasteiger partial charge in [-0.2, -0.15) is 26.3 Å². The summed E-state index contributed by atoms with van der Waals surface area (Å²) in [4.78, 5) is 25.5. The monoisotopic (exact) mass is 549 g/mol. The van der Waals surface area contributed by atoms with Crippen molar-refractivity contribution in [3.63, 3.8) is 0 Å². The maximum absolute atomic E-state index is 13.1. The summed E-state index contributed by atoms with van der Waals surface area (Å²) >= 11 is 5.83. The number of carbonyl (C=O) groups is 1. The van der Waals surface area contributed by atoms with E-state index in [0.29, 0.717) is 14.3 Å². The number of halogens is 7. The third kappa shape index (κ3) is 6.92. The summed E-state index contributed by atoms with van der Waals surface area (Å²) in [5, 5.41) is 16.3. The van der Waals surface area contributed by atoms with E-state index in [1.165, 1.54) is 49.7 Å². The molecule has 3 rings (SSSR count). The molecular weight excluding hydrogens is 530 g/mol. The van der Waals surface area contributed by atoms with Crippen LogP contribution in [0.15, 0.2) is 53.3 Å². The van der Waals surface area contributed by atoms with E-state index >= 15 is 0 Å². The van der Waals surface area contributed by atoms with E-state index in [1.807, 2.05) is 0 Å². The van der Waals surface area contributed by atoms with Crippen LogP contribution in [-0.2, 0) is 24.1 Å². The van der Waals surface area contributed by atoms with Gasteiger partial charge in [-0.15, -0.1) is 5.10 Å². The van der Waals surface area contributed by atoms with Crippen LogP contribution in [0.5, 0.6) is 0 Å². The Balaban J connectivity index is 1.89. The predicted molar refractivity (Wildman–Crippen MR) is 121 cm³/mol. The van der Waals surface area contributed by atoms with Gasteiger partial charge in [0, 0.05) is 10.6 Å². The summed E-state index contributed by atoms with van der Waals surface area (Å²) in [5.41, 5.74) is -1.71. The minimum Gasteiger partial charge on any atom is -0.382 e. The molecule has 2 N–H and O–H groups in total. The highest BCUT2D eigenvalue weighted by Gasteiger charge is 2.39. The molecule has 1 unspecified atom stereocenters. The molecule has 0 bridgehead atoms. The van der Waals surface area contributed by atoms with Crippen LogP contribution in [0.3, 0.4) is 0 Å². The molecule has 0 saturated heterocycles. The van der Waals surface area contributed by atoms with E-state index in [-0.39, 0.29) is 17.0 Å². The molecule has 7 nitrogen and oxygen atoms in total. The molecule has 0 aliphatic heterocycles. The lowest BCUT2D eigenvalue weighted by molar-refractivity contribution is -0.207. The minimum absolute atomic E-state index is 0.124. The van der Waals surface area contributed by atoms with Crippen LogP contribution in [0.4, 0.5) is 26.3 Å². The van der Waals surface area contributed by atoms with Crippen LogP contribution >= 0.6 is 11.6 Å². The van der Waals surface area contributed by atoms with Crippen molar-refractivity contribution in [2.75, 3.05) is 0 Å². The maximum atomic E-state index is 13.1. The Morgan fingerprint density at radius 3 is 2.35 bits per heavy atom. The Morgan fingerprint density at radius 2 is 1.78 bits per heavy atom. The van der Waals surface area contributed by atoms with Crippen molar-refractivity contribution in [1.29, 1.82) is 0 Å². The molecule has 0 spiro atoms. The van der Waals surface area contributed by atoms with E-state index in [4.69, 9.17) is 11.6 Å². The Bertz CT molecular complexity index is 1300. The van der Waals surface area contributed by atoms with Crippen LogP contribution < -0.4 is 11.0 Å². The van der Waals surface area contributed by atoms with Crippen LogP contribution in [-0.4, -0.2) is 37.6 Å². The van der Waals surface area contributed by atoms with Gasteiger partial charge in [0.25, 0.3) is 0 Å². The summed E-state index contributed by atoms with van der Waals surface area (Å²) in [6.45, 7) is -0.432. The van der Waals surface area contributed by atoms with Crippen LogP contribution in [0.1, 0.15) is 24.1 Å². The number of benzene rings is 2. The molecule has 2 atom stereocenters. The highest BCUT2D eigenvalue weighted by atomic mass is 35.5. The quantitative estimate of drug-likeness (QED) is 0.408. The molecule has 0 aliphatic rings. The lowest BCUT2D eigenvalue weighted by Crippen LogP contribution is -2.39. The first-order valence-corrected chi connectivity index (χ1v) is 11.0. The molecule has 3 aromatic rings. The lowest BCUT2D eigenvalue weighted by atomic mass is 10.0. The highest BCUT2D eigenvalue weighted by Crippen LogP contribution is 2.31. The molecule has 199 valence electrons. The molecule has 2 aromatic carbocycles. The Hall–Kier alpha value is -3.32. The van der Waals surface area contributed by atoms with Gasteiger partial charge in [0.1, 0.15) is 6.54 Å². The minimum atomic E-state index is -5.02. The number of hydrogen-bond acceptors (Lipinski definition) is 4. The number of aliphatic hydroxyl groups is 1. The second kappa shape index (κ2) is 11.0.